The van der Waals surface area contributed by atoms with Gasteiger partial charge in [0.15, 0.2) is 0 Å². The van der Waals surface area contributed by atoms with E-state index in [1.165, 1.54) is 5.56 Å². The van der Waals surface area contributed by atoms with Gasteiger partial charge in [-0.05, 0) is 24.3 Å². The molecule has 152 valence electrons. The van der Waals surface area contributed by atoms with Gasteiger partial charge in [-0.2, -0.15) is 4.98 Å². The van der Waals surface area contributed by atoms with Crippen molar-refractivity contribution >= 4 is 17.8 Å². The predicted molar refractivity (Wildman–Crippen MR) is 103 cm³/mol. The maximum absolute atomic E-state index is 12.7. The summed E-state index contributed by atoms with van der Waals surface area (Å²) in [4.78, 5) is 43.8. The van der Waals surface area contributed by atoms with E-state index in [4.69, 9.17) is 4.52 Å². The van der Waals surface area contributed by atoms with E-state index in [-0.39, 0.29) is 18.5 Å². The van der Waals surface area contributed by atoms with E-state index in [1.807, 2.05) is 24.3 Å². The Morgan fingerprint density at radius 1 is 1.03 bits per heavy atom. The molecule has 8 nitrogen and oxygen atoms in total. The third kappa shape index (κ3) is 3.66. The van der Waals surface area contributed by atoms with Crippen LogP contribution in [0, 0.1) is 0 Å². The number of benzene rings is 1. The van der Waals surface area contributed by atoms with Gasteiger partial charge in [0.25, 0.3) is 0 Å². The molecule has 0 spiro atoms. The SMILES string of the molecule is CC(C)c1ccc(-c2noc(CN3C(=O)C(=O)N(C4CCCCC4)C3=O)n2)cc1. The van der Waals surface area contributed by atoms with Gasteiger partial charge in [-0.1, -0.05) is 62.5 Å². The van der Waals surface area contributed by atoms with Gasteiger partial charge in [0, 0.05) is 11.6 Å². The highest BCUT2D eigenvalue weighted by molar-refractivity contribution is 6.44. The lowest BCUT2D eigenvalue weighted by molar-refractivity contribution is -0.144. The van der Waals surface area contributed by atoms with Gasteiger partial charge in [-0.3, -0.25) is 14.5 Å². The van der Waals surface area contributed by atoms with Crippen molar-refractivity contribution in [2.45, 2.75) is 64.5 Å². The normalized spacial score (nSPS) is 18.4. The van der Waals surface area contributed by atoms with Crippen molar-refractivity contribution in [3.63, 3.8) is 0 Å². The highest BCUT2D eigenvalue weighted by Crippen LogP contribution is 2.28. The zero-order valence-corrected chi connectivity index (χ0v) is 16.6. The highest BCUT2D eigenvalue weighted by Gasteiger charge is 2.48. The summed E-state index contributed by atoms with van der Waals surface area (Å²) in [6.07, 6.45) is 4.50. The molecule has 0 bridgehead atoms. The van der Waals surface area contributed by atoms with Gasteiger partial charge >= 0.3 is 17.8 Å². The number of carbonyl (C=O) groups is 3. The molecule has 0 N–H and O–H groups in total. The topological polar surface area (TPSA) is 96.6 Å². The summed E-state index contributed by atoms with van der Waals surface area (Å²) in [5.41, 5.74) is 1.98. The van der Waals surface area contributed by atoms with Crippen molar-refractivity contribution in [2.24, 2.45) is 0 Å². The van der Waals surface area contributed by atoms with Gasteiger partial charge < -0.3 is 4.52 Å². The van der Waals surface area contributed by atoms with E-state index in [1.54, 1.807) is 0 Å². The molecule has 8 heteroatoms. The molecule has 0 atom stereocenters. The van der Waals surface area contributed by atoms with Gasteiger partial charge in [-0.15, -0.1) is 0 Å². The summed E-state index contributed by atoms with van der Waals surface area (Å²) in [6, 6.07) is 7.03. The Hall–Kier alpha value is -3.03. The molecule has 1 saturated heterocycles. The minimum Gasteiger partial charge on any atom is -0.337 e. The number of carbonyl (C=O) groups excluding carboxylic acids is 3. The first-order valence-corrected chi connectivity index (χ1v) is 10.1. The third-order valence-electron chi connectivity index (χ3n) is 5.62. The van der Waals surface area contributed by atoms with Crippen molar-refractivity contribution < 1.29 is 18.9 Å². The average Bonchev–Trinajstić information content (AvgIpc) is 3.28. The first-order chi connectivity index (χ1) is 14.0. The van der Waals surface area contributed by atoms with E-state index < -0.39 is 17.8 Å². The van der Waals surface area contributed by atoms with E-state index in [2.05, 4.69) is 24.0 Å². The van der Waals surface area contributed by atoms with Gasteiger partial charge in [0.2, 0.25) is 11.7 Å². The first kappa shape index (κ1) is 19.3. The standard InChI is InChI=1S/C21H24N4O4/c1-13(2)14-8-10-15(11-9-14)18-22-17(29-23-18)12-24-19(26)20(27)25(21(24)28)16-6-4-3-5-7-16/h8-11,13,16H,3-7,12H2,1-2H3. The molecule has 4 amide bonds. The van der Waals surface area contributed by atoms with Gasteiger partial charge in [0.05, 0.1) is 0 Å². The van der Waals surface area contributed by atoms with E-state index in [9.17, 15) is 14.4 Å². The van der Waals surface area contributed by atoms with E-state index in [0.717, 1.165) is 47.5 Å². The van der Waals surface area contributed by atoms with Crippen LogP contribution >= 0.6 is 0 Å². The number of rotatable bonds is 5. The summed E-state index contributed by atoms with van der Waals surface area (Å²) < 4.78 is 5.23. The summed E-state index contributed by atoms with van der Waals surface area (Å²) in [7, 11) is 0. The second-order valence-corrected chi connectivity index (χ2v) is 7.93. The molecule has 1 aromatic heterocycles. The zero-order valence-electron chi connectivity index (χ0n) is 16.6. The van der Waals surface area contributed by atoms with Crippen LogP contribution in [0.4, 0.5) is 4.79 Å². The number of amides is 4. The number of hydrogen-bond acceptors (Lipinski definition) is 6. The number of imide groups is 2. The fourth-order valence-corrected chi connectivity index (χ4v) is 3.91. The van der Waals surface area contributed by atoms with Crippen molar-refractivity contribution in [1.82, 2.24) is 19.9 Å². The van der Waals surface area contributed by atoms with E-state index in [0.29, 0.717) is 11.7 Å². The number of hydrogen-bond donors (Lipinski definition) is 0. The molecule has 2 aliphatic rings. The van der Waals surface area contributed by atoms with Crippen LogP contribution in [0.5, 0.6) is 0 Å². The molecule has 1 aliphatic carbocycles. The average molecular weight is 396 g/mol. The molecule has 29 heavy (non-hydrogen) atoms. The summed E-state index contributed by atoms with van der Waals surface area (Å²) in [5.74, 6) is -0.674. The molecule has 2 aromatic rings. The zero-order chi connectivity index (χ0) is 20.5. The Morgan fingerprint density at radius 3 is 2.38 bits per heavy atom. The molecular formula is C21H24N4O4. The van der Waals surface area contributed by atoms with Crippen LogP contribution in [0.1, 0.15) is 63.3 Å². The largest absolute Gasteiger partial charge is 0.337 e. The molecule has 1 saturated carbocycles. The Morgan fingerprint density at radius 2 is 1.72 bits per heavy atom. The van der Waals surface area contributed by atoms with Gasteiger partial charge in [-0.25, -0.2) is 9.69 Å². The Bertz CT molecular complexity index is 928. The molecule has 2 fully saturated rings. The van der Waals surface area contributed by atoms with Crippen LogP contribution in [0.3, 0.4) is 0 Å². The van der Waals surface area contributed by atoms with E-state index >= 15 is 0 Å². The summed E-state index contributed by atoms with van der Waals surface area (Å²) in [6.45, 7) is 4.02. The fraction of sp³-hybridized carbons (Fsp3) is 0.476. The number of urea groups is 1. The quantitative estimate of drug-likeness (QED) is 0.567. The van der Waals surface area contributed by atoms with Crippen LogP contribution in [0.2, 0.25) is 0 Å². The van der Waals surface area contributed by atoms with Crippen LogP contribution in [-0.2, 0) is 16.1 Å². The minimum atomic E-state index is -0.832. The highest BCUT2D eigenvalue weighted by atomic mass is 16.5. The van der Waals surface area contributed by atoms with Crippen molar-refractivity contribution in [1.29, 1.82) is 0 Å². The summed E-state index contributed by atoms with van der Waals surface area (Å²) >= 11 is 0. The van der Waals surface area contributed by atoms with Crippen LogP contribution in [0.25, 0.3) is 11.4 Å². The third-order valence-corrected chi connectivity index (χ3v) is 5.62. The van der Waals surface area contributed by atoms with Gasteiger partial charge in [0.1, 0.15) is 6.54 Å². The molecule has 1 aliphatic heterocycles. The molecule has 0 radical (unpaired) electrons. The Kier molecular flexibility index (Phi) is 5.17. The fourth-order valence-electron chi connectivity index (χ4n) is 3.91. The second-order valence-electron chi connectivity index (χ2n) is 7.93. The molecule has 4 rings (SSSR count). The lowest BCUT2D eigenvalue weighted by Gasteiger charge is -2.28. The minimum absolute atomic E-state index is 0.118. The number of aromatic nitrogens is 2. The number of nitrogens with zero attached hydrogens (tertiary/aromatic N) is 4. The first-order valence-electron chi connectivity index (χ1n) is 10.1. The lowest BCUT2D eigenvalue weighted by atomic mass is 9.94. The Balaban J connectivity index is 1.48. The smallest absolute Gasteiger partial charge is 0.334 e. The second kappa shape index (κ2) is 7.77. The van der Waals surface area contributed by atoms with Crippen LogP contribution in [0.15, 0.2) is 28.8 Å². The van der Waals surface area contributed by atoms with Crippen LogP contribution in [-0.4, -0.2) is 43.8 Å². The lowest BCUT2D eigenvalue weighted by Crippen LogP contribution is -2.42. The van der Waals surface area contributed by atoms with Crippen molar-refractivity contribution in [3.05, 3.63) is 35.7 Å². The maximum atomic E-state index is 12.7. The monoisotopic (exact) mass is 396 g/mol. The van der Waals surface area contributed by atoms with Crippen LogP contribution < -0.4 is 0 Å². The maximum Gasteiger partial charge on any atom is 0.334 e. The van der Waals surface area contributed by atoms with Crippen molar-refractivity contribution in [3.8, 4) is 11.4 Å². The Labute approximate surface area is 168 Å². The summed E-state index contributed by atoms with van der Waals surface area (Å²) in [5, 5.41) is 3.95. The predicted octanol–water partition coefficient (Wildman–Crippen LogP) is 3.48. The molecule has 1 aromatic carbocycles. The molecular weight excluding hydrogens is 372 g/mol. The molecule has 0 unspecified atom stereocenters. The molecule has 2 heterocycles. The van der Waals surface area contributed by atoms with Crippen molar-refractivity contribution in [2.75, 3.05) is 0 Å².